The van der Waals surface area contributed by atoms with Crippen LogP contribution in [0.5, 0.6) is 5.75 Å². The average molecular weight is 364 g/mol. The predicted octanol–water partition coefficient (Wildman–Crippen LogP) is 2.72. The number of benzene rings is 2. The molecular formula is C21H24N4O2. The summed E-state index contributed by atoms with van der Waals surface area (Å²) in [6.07, 6.45) is 4.26. The van der Waals surface area contributed by atoms with Gasteiger partial charge in [-0.1, -0.05) is 18.2 Å². The third kappa shape index (κ3) is 3.89. The lowest BCUT2D eigenvalue weighted by Crippen LogP contribution is -2.39. The lowest BCUT2D eigenvalue weighted by Gasteiger charge is -2.29. The Morgan fingerprint density at radius 2 is 2.04 bits per heavy atom. The maximum absolute atomic E-state index is 12.1. The number of aliphatic imine (C=N–C) groups is 1. The summed E-state index contributed by atoms with van der Waals surface area (Å²) in [7, 11) is 0. The topological polar surface area (TPSA) is 80.0 Å². The zero-order valence-electron chi connectivity index (χ0n) is 15.3. The van der Waals surface area contributed by atoms with Gasteiger partial charge in [-0.25, -0.2) is 0 Å². The summed E-state index contributed by atoms with van der Waals surface area (Å²) in [5.74, 6) is 1.13. The number of nitrogens with two attached hydrogens (primary N) is 1. The molecule has 6 nitrogen and oxygen atoms in total. The van der Waals surface area contributed by atoms with Crippen molar-refractivity contribution in [2.24, 2.45) is 10.7 Å². The summed E-state index contributed by atoms with van der Waals surface area (Å²) in [4.78, 5) is 18.3. The lowest BCUT2D eigenvalue weighted by molar-refractivity contribution is -0.121. The second-order valence-corrected chi connectivity index (χ2v) is 6.88. The van der Waals surface area contributed by atoms with Crippen molar-refractivity contribution in [1.29, 1.82) is 0 Å². The minimum atomic E-state index is -0.0260. The van der Waals surface area contributed by atoms with Gasteiger partial charge in [0.1, 0.15) is 5.75 Å². The Morgan fingerprint density at radius 3 is 2.96 bits per heavy atom. The molecule has 2 aliphatic rings. The van der Waals surface area contributed by atoms with E-state index in [1.807, 2.05) is 24.3 Å². The molecule has 140 valence electrons. The Kier molecular flexibility index (Phi) is 4.96. The van der Waals surface area contributed by atoms with Crippen molar-refractivity contribution in [2.45, 2.75) is 25.7 Å². The molecule has 0 spiro atoms. The number of hydrogen-bond acceptors (Lipinski definition) is 3. The van der Waals surface area contributed by atoms with Crippen LogP contribution in [0.3, 0.4) is 0 Å². The van der Waals surface area contributed by atoms with E-state index in [4.69, 9.17) is 10.5 Å². The number of ether oxygens (including phenoxy) is 1. The van der Waals surface area contributed by atoms with E-state index in [1.165, 1.54) is 24.0 Å². The largest absolute Gasteiger partial charge is 0.482 e. The van der Waals surface area contributed by atoms with Crippen LogP contribution >= 0.6 is 0 Å². The summed E-state index contributed by atoms with van der Waals surface area (Å²) in [6.45, 7) is 1.23. The van der Waals surface area contributed by atoms with E-state index in [0.717, 1.165) is 30.0 Å². The average Bonchev–Trinajstić information content (AvgIpc) is 3.14. The van der Waals surface area contributed by atoms with E-state index in [1.54, 1.807) is 4.90 Å². The summed E-state index contributed by atoms with van der Waals surface area (Å²) in [5.41, 5.74) is 10.7. The molecule has 2 aromatic rings. The smallest absolute Gasteiger partial charge is 0.265 e. The molecule has 0 fully saturated rings. The van der Waals surface area contributed by atoms with Gasteiger partial charge in [-0.3, -0.25) is 9.79 Å². The Hall–Kier alpha value is -3.02. The van der Waals surface area contributed by atoms with Crippen molar-refractivity contribution in [1.82, 2.24) is 0 Å². The van der Waals surface area contributed by atoms with Crippen LogP contribution in [-0.2, 0) is 17.6 Å². The van der Waals surface area contributed by atoms with Gasteiger partial charge in [-0.2, -0.15) is 0 Å². The summed E-state index contributed by atoms with van der Waals surface area (Å²) >= 11 is 0. The van der Waals surface area contributed by atoms with Crippen LogP contribution in [0.4, 0.5) is 11.4 Å². The number of fused-ring (bicyclic) bond motifs is 2. The molecule has 27 heavy (non-hydrogen) atoms. The highest BCUT2D eigenvalue weighted by atomic mass is 16.5. The molecule has 0 aromatic heterocycles. The Morgan fingerprint density at radius 1 is 1.19 bits per heavy atom. The summed E-state index contributed by atoms with van der Waals surface area (Å²) in [5, 5.41) is 3.16. The number of nitrogens with one attached hydrogen (secondary N) is 1. The predicted molar refractivity (Wildman–Crippen MR) is 107 cm³/mol. The van der Waals surface area contributed by atoms with E-state index < -0.39 is 0 Å². The first-order valence-electron chi connectivity index (χ1n) is 9.41. The molecule has 0 saturated carbocycles. The Balaban J connectivity index is 1.31. The molecule has 0 saturated heterocycles. The fraction of sp³-hybridized carbons (Fsp3) is 0.333. The van der Waals surface area contributed by atoms with Gasteiger partial charge in [-0.05, 0) is 61.1 Å². The zero-order valence-corrected chi connectivity index (χ0v) is 15.3. The van der Waals surface area contributed by atoms with Crippen molar-refractivity contribution in [3.05, 3.63) is 53.6 Å². The SMILES string of the molecule is NC(=NCCCN1C(=O)COc2ccccc21)Nc1ccc2c(c1)CCC2. The maximum Gasteiger partial charge on any atom is 0.265 e. The second kappa shape index (κ2) is 7.70. The van der Waals surface area contributed by atoms with Crippen molar-refractivity contribution in [3.8, 4) is 5.75 Å². The van der Waals surface area contributed by atoms with Crippen molar-refractivity contribution >= 4 is 23.2 Å². The molecule has 1 aliphatic carbocycles. The highest BCUT2D eigenvalue weighted by molar-refractivity contribution is 5.97. The van der Waals surface area contributed by atoms with E-state index in [9.17, 15) is 4.79 Å². The van der Waals surface area contributed by atoms with E-state index in [2.05, 4.69) is 28.5 Å². The van der Waals surface area contributed by atoms with Gasteiger partial charge in [0, 0.05) is 18.8 Å². The van der Waals surface area contributed by atoms with E-state index in [-0.39, 0.29) is 12.5 Å². The van der Waals surface area contributed by atoms with Gasteiger partial charge in [0.2, 0.25) is 0 Å². The Bertz CT molecular complexity index is 878. The summed E-state index contributed by atoms with van der Waals surface area (Å²) in [6, 6.07) is 14.0. The first-order valence-corrected chi connectivity index (χ1v) is 9.41. The molecule has 6 heteroatoms. The number of para-hydroxylation sites is 2. The first kappa shape index (κ1) is 17.4. The van der Waals surface area contributed by atoms with Crippen LogP contribution in [0.25, 0.3) is 0 Å². The van der Waals surface area contributed by atoms with Crippen LogP contribution < -0.4 is 20.7 Å². The van der Waals surface area contributed by atoms with E-state index >= 15 is 0 Å². The van der Waals surface area contributed by atoms with Gasteiger partial charge < -0.3 is 20.7 Å². The third-order valence-corrected chi connectivity index (χ3v) is 5.00. The normalized spacial score (nSPS) is 15.9. The molecule has 0 unspecified atom stereocenters. The molecular weight excluding hydrogens is 340 g/mol. The number of anilines is 2. The number of aryl methyl sites for hydroxylation is 2. The molecule has 0 radical (unpaired) electrons. The molecule has 4 rings (SSSR count). The zero-order chi connectivity index (χ0) is 18.6. The van der Waals surface area contributed by atoms with Gasteiger partial charge in [0.15, 0.2) is 12.6 Å². The van der Waals surface area contributed by atoms with Crippen LogP contribution in [0, 0.1) is 0 Å². The standard InChI is InChI=1S/C21H24N4O2/c22-21(24-17-10-9-15-5-3-6-16(15)13-17)23-11-4-12-25-18-7-1-2-8-19(18)27-14-20(25)26/h1-2,7-10,13H,3-6,11-12,14H2,(H3,22,23,24). The minimum Gasteiger partial charge on any atom is -0.482 e. The van der Waals surface area contributed by atoms with Crippen LogP contribution in [0.15, 0.2) is 47.5 Å². The molecule has 0 atom stereocenters. The third-order valence-electron chi connectivity index (χ3n) is 5.00. The van der Waals surface area contributed by atoms with Crippen LogP contribution in [0.1, 0.15) is 24.0 Å². The van der Waals surface area contributed by atoms with Crippen molar-refractivity contribution in [3.63, 3.8) is 0 Å². The van der Waals surface area contributed by atoms with Crippen molar-refractivity contribution < 1.29 is 9.53 Å². The van der Waals surface area contributed by atoms with Gasteiger partial charge in [-0.15, -0.1) is 0 Å². The van der Waals surface area contributed by atoms with Crippen LogP contribution in [-0.4, -0.2) is 31.6 Å². The number of rotatable bonds is 5. The fourth-order valence-corrected chi connectivity index (χ4v) is 3.66. The molecule has 1 amide bonds. The molecule has 3 N–H and O–H groups in total. The molecule has 1 heterocycles. The highest BCUT2D eigenvalue weighted by Crippen LogP contribution is 2.31. The number of carbonyl (C=O) groups excluding carboxylic acids is 1. The number of amides is 1. The first-order chi connectivity index (χ1) is 13.2. The number of carbonyl (C=O) groups is 1. The Labute approximate surface area is 159 Å². The second-order valence-electron chi connectivity index (χ2n) is 6.88. The van der Waals surface area contributed by atoms with Crippen molar-refractivity contribution in [2.75, 3.05) is 29.9 Å². The molecule has 1 aliphatic heterocycles. The number of guanidine groups is 1. The van der Waals surface area contributed by atoms with Gasteiger partial charge >= 0.3 is 0 Å². The summed E-state index contributed by atoms with van der Waals surface area (Å²) < 4.78 is 5.46. The van der Waals surface area contributed by atoms with E-state index in [0.29, 0.717) is 19.0 Å². The fourth-order valence-electron chi connectivity index (χ4n) is 3.66. The molecule has 0 bridgehead atoms. The minimum absolute atomic E-state index is 0.0260. The number of hydrogen-bond donors (Lipinski definition) is 2. The number of nitrogens with zero attached hydrogens (tertiary/aromatic N) is 2. The lowest BCUT2D eigenvalue weighted by atomic mass is 10.1. The maximum atomic E-state index is 12.1. The van der Waals surface area contributed by atoms with Crippen LogP contribution in [0.2, 0.25) is 0 Å². The van der Waals surface area contributed by atoms with Gasteiger partial charge in [0.05, 0.1) is 5.69 Å². The van der Waals surface area contributed by atoms with Gasteiger partial charge in [0.25, 0.3) is 5.91 Å². The highest BCUT2D eigenvalue weighted by Gasteiger charge is 2.24. The monoisotopic (exact) mass is 364 g/mol. The molecule has 2 aromatic carbocycles. The quantitative estimate of drug-likeness (QED) is 0.486.